The van der Waals surface area contributed by atoms with Crippen LogP contribution in [0.15, 0.2) is 12.3 Å². The van der Waals surface area contributed by atoms with Gasteiger partial charge in [0.05, 0.1) is 23.2 Å². The van der Waals surface area contributed by atoms with E-state index in [4.69, 9.17) is 10.1 Å². The summed E-state index contributed by atoms with van der Waals surface area (Å²) in [6, 6.07) is 1.12. The SMILES string of the molecule is CC(C1CC1)n1ncc2c(C(=O)N[C@@H](C)C(=O)O)cc(C3CC3)nc21. The monoisotopic (exact) mass is 342 g/mol. The maximum absolute atomic E-state index is 12.7. The highest BCUT2D eigenvalue weighted by atomic mass is 16.4. The molecule has 1 amide bonds. The highest BCUT2D eigenvalue weighted by molar-refractivity contribution is 6.06. The number of amides is 1. The average Bonchev–Trinajstić information content (AvgIpc) is 3.48. The molecule has 2 aliphatic carbocycles. The number of carboxylic acid groups (broad SMARTS) is 1. The van der Waals surface area contributed by atoms with E-state index in [0.717, 1.165) is 24.2 Å². The number of hydrogen-bond donors (Lipinski definition) is 2. The fourth-order valence-corrected chi connectivity index (χ4v) is 3.23. The van der Waals surface area contributed by atoms with Crippen LogP contribution >= 0.6 is 0 Å². The van der Waals surface area contributed by atoms with E-state index in [9.17, 15) is 9.59 Å². The quantitative estimate of drug-likeness (QED) is 0.840. The summed E-state index contributed by atoms with van der Waals surface area (Å²) < 4.78 is 1.93. The molecule has 0 bridgehead atoms. The summed E-state index contributed by atoms with van der Waals surface area (Å²) >= 11 is 0. The van der Waals surface area contributed by atoms with Gasteiger partial charge in [-0.1, -0.05) is 0 Å². The number of nitrogens with one attached hydrogen (secondary N) is 1. The lowest BCUT2D eigenvalue weighted by atomic mass is 10.1. The van der Waals surface area contributed by atoms with Crippen molar-refractivity contribution in [1.29, 1.82) is 0 Å². The van der Waals surface area contributed by atoms with Gasteiger partial charge in [0, 0.05) is 11.6 Å². The Kier molecular flexibility index (Phi) is 3.74. The number of nitrogens with zero attached hydrogens (tertiary/aromatic N) is 3. The van der Waals surface area contributed by atoms with E-state index in [1.54, 1.807) is 12.3 Å². The molecular formula is C18H22N4O3. The summed E-state index contributed by atoms with van der Waals surface area (Å²) in [6.45, 7) is 3.60. The lowest BCUT2D eigenvalue weighted by Gasteiger charge is -2.14. The lowest BCUT2D eigenvalue weighted by Crippen LogP contribution is -2.38. The molecule has 0 radical (unpaired) electrons. The van der Waals surface area contributed by atoms with Crippen molar-refractivity contribution in [2.75, 3.05) is 0 Å². The average molecular weight is 342 g/mol. The predicted molar refractivity (Wildman–Crippen MR) is 91.5 cm³/mol. The smallest absolute Gasteiger partial charge is 0.325 e. The van der Waals surface area contributed by atoms with Gasteiger partial charge in [0.1, 0.15) is 6.04 Å². The van der Waals surface area contributed by atoms with Crippen molar-refractivity contribution in [3.05, 3.63) is 23.5 Å². The van der Waals surface area contributed by atoms with Crippen LogP contribution in [0.3, 0.4) is 0 Å². The second-order valence-corrected chi connectivity index (χ2v) is 7.31. The first-order valence-electron chi connectivity index (χ1n) is 8.87. The van der Waals surface area contributed by atoms with E-state index in [1.807, 2.05) is 4.68 Å². The third kappa shape index (κ3) is 2.99. The van der Waals surface area contributed by atoms with Crippen LogP contribution in [-0.4, -0.2) is 37.8 Å². The van der Waals surface area contributed by atoms with Gasteiger partial charge in [-0.05, 0) is 51.5 Å². The first kappa shape index (κ1) is 16.1. The molecule has 1 unspecified atom stereocenters. The summed E-state index contributed by atoms with van der Waals surface area (Å²) in [5.74, 6) is -0.423. The highest BCUT2D eigenvalue weighted by Crippen LogP contribution is 2.42. The van der Waals surface area contributed by atoms with E-state index in [1.165, 1.54) is 19.8 Å². The van der Waals surface area contributed by atoms with Crippen LogP contribution in [0, 0.1) is 5.92 Å². The Hall–Kier alpha value is -2.44. The van der Waals surface area contributed by atoms with Gasteiger partial charge in [-0.3, -0.25) is 9.59 Å². The molecule has 2 N–H and O–H groups in total. The van der Waals surface area contributed by atoms with Crippen LogP contribution in [0.2, 0.25) is 0 Å². The van der Waals surface area contributed by atoms with Crippen molar-refractivity contribution in [1.82, 2.24) is 20.1 Å². The Morgan fingerprint density at radius 1 is 1.28 bits per heavy atom. The van der Waals surface area contributed by atoms with Crippen molar-refractivity contribution in [3.63, 3.8) is 0 Å². The molecule has 2 aromatic heterocycles. The maximum atomic E-state index is 12.7. The number of carbonyl (C=O) groups is 2. The van der Waals surface area contributed by atoms with E-state index in [2.05, 4.69) is 17.3 Å². The van der Waals surface area contributed by atoms with Crippen LogP contribution in [0.25, 0.3) is 11.0 Å². The topological polar surface area (TPSA) is 97.1 Å². The summed E-state index contributed by atoms with van der Waals surface area (Å²) in [6.07, 6.45) is 6.25. The molecule has 2 aliphatic rings. The van der Waals surface area contributed by atoms with Crippen LogP contribution in [0.4, 0.5) is 0 Å². The van der Waals surface area contributed by atoms with E-state index in [-0.39, 0.29) is 11.9 Å². The number of fused-ring (bicyclic) bond motifs is 1. The molecule has 2 saturated carbocycles. The molecule has 4 rings (SSSR count). The largest absolute Gasteiger partial charge is 0.480 e. The van der Waals surface area contributed by atoms with Crippen molar-refractivity contribution >= 4 is 22.9 Å². The lowest BCUT2D eigenvalue weighted by molar-refractivity contribution is -0.138. The number of aliphatic carboxylic acids is 1. The summed E-state index contributed by atoms with van der Waals surface area (Å²) in [5, 5.41) is 16.8. The normalized spacial score (nSPS) is 19.6. The molecule has 7 nitrogen and oxygen atoms in total. The fourth-order valence-electron chi connectivity index (χ4n) is 3.23. The standard InChI is InChI=1S/C18H22N4O3/c1-9(18(24)25)20-17(23)13-7-15(12-5-6-12)21-16-14(13)8-19-22(16)10(2)11-3-4-11/h7-12H,3-6H2,1-2H3,(H,20,23)(H,24,25)/t9-,10?/m0/s1. The Labute approximate surface area is 145 Å². The Morgan fingerprint density at radius 2 is 2.00 bits per heavy atom. The van der Waals surface area contributed by atoms with Crippen LogP contribution in [-0.2, 0) is 4.79 Å². The van der Waals surface area contributed by atoms with Gasteiger partial charge in [-0.25, -0.2) is 9.67 Å². The zero-order valence-corrected chi connectivity index (χ0v) is 14.4. The summed E-state index contributed by atoms with van der Waals surface area (Å²) in [7, 11) is 0. The minimum absolute atomic E-state index is 0.258. The van der Waals surface area contributed by atoms with Gasteiger partial charge in [-0.2, -0.15) is 5.10 Å². The molecule has 7 heteroatoms. The van der Waals surface area contributed by atoms with Gasteiger partial charge in [0.15, 0.2) is 5.65 Å². The maximum Gasteiger partial charge on any atom is 0.325 e. The summed E-state index contributed by atoms with van der Waals surface area (Å²) in [5.41, 5.74) is 2.11. The second-order valence-electron chi connectivity index (χ2n) is 7.31. The van der Waals surface area contributed by atoms with Gasteiger partial charge >= 0.3 is 5.97 Å². The number of aromatic nitrogens is 3. The van der Waals surface area contributed by atoms with Gasteiger partial charge in [0.2, 0.25) is 0 Å². The van der Waals surface area contributed by atoms with Gasteiger partial charge < -0.3 is 10.4 Å². The molecule has 2 atom stereocenters. The molecule has 25 heavy (non-hydrogen) atoms. The Bertz CT molecular complexity index is 851. The molecule has 0 spiro atoms. The third-order valence-electron chi connectivity index (χ3n) is 5.23. The third-order valence-corrected chi connectivity index (χ3v) is 5.23. The zero-order valence-electron chi connectivity index (χ0n) is 14.4. The Morgan fingerprint density at radius 3 is 2.60 bits per heavy atom. The number of pyridine rings is 1. The van der Waals surface area contributed by atoms with Crippen molar-refractivity contribution in [2.24, 2.45) is 5.92 Å². The first-order valence-corrected chi connectivity index (χ1v) is 8.87. The van der Waals surface area contributed by atoms with E-state index < -0.39 is 12.0 Å². The number of carbonyl (C=O) groups excluding carboxylic acids is 1. The minimum Gasteiger partial charge on any atom is -0.480 e. The molecule has 0 aliphatic heterocycles. The molecule has 2 heterocycles. The second kappa shape index (κ2) is 5.82. The molecule has 132 valence electrons. The summed E-state index contributed by atoms with van der Waals surface area (Å²) in [4.78, 5) is 28.5. The van der Waals surface area contributed by atoms with Crippen LogP contribution < -0.4 is 5.32 Å². The predicted octanol–water partition coefficient (Wildman–Crippen LogP) is 2.48. The molecular weight excluding hydrogens is 320 g/mol. The van der Waals surface area contributed by atoms with Gasteiger partial charge in [0.25, 0.3) is 5.91 Å². The molecule has 0 saturated heterocycles. The zero-order chi connectivity index (χ0) is 17.7. The Balaban J connectivity index is 1.77. The van der Waals surface area contributed by atoms with E-state index >= 15 is 0 Å². The minimum atomic E-state index is -1.06. The number of carboxylic acids is 1. The van der Waals surface area contributed by atoms with E-state index in [0.29, 0.717) is 22.8 Å². The van der Waals surface area contributed by atoms with Crippen molar-refractivity contribution in [2.45, 2.75) is 57.5 Å². The van der Waals surface area contributed by atoms with Crippen molar-refractivity contribution in [3.8, 4) is 0 Å². The van der Waals surface area contributed by atoms with Gasteiger partial charge in [-0.15, -0.1) is 0 Å². The number of hydrogen-bond acceptors (Lipinski definition) is 4. The molecule has 2 fully saturated rings. The highest BCUT2D eigenvalue weighted by Gasteiger charge is 2.33. The van der Waals surface area contributed by atoms with Crippen LogP contribution in [0.5, 0.6) is 0 Å². The fraction of sp³-hybridized carbons (Fsp3) is 0.556. The number of rotatable bonds is 6. The molecule has 2 aromatic rings. The van der Waals surface area contributed by atoms with Crippen molar-refractivity contribution < 1.29 is 14.7 Å². The molecule has 0 aromatic carbocycles. The van der Waals surface area contributed by atoms with Crippen LogP contribution in [0.1, 0.15) is 67.5 Å². The first-order chi connectivity index (χ1) is 12.0.